The number of nitrogens with zero attached hydrogens (tertiary/aromatic N) is 1. The van der Waals surface area contributed by atoms with Gasteiger partial charge in [-0.1, -0.05) is 66.7 Å². The number of nitrogens with one attached hydrogen (secondary N) is 1. The number of ether oxygens (including phenoxy) is 1. The molecule has 0 saturated carbocycles. The Hall–Kier alpha value is -3.25. The van der Waals surface area contributed by atoms with Crippen LogP contribution in [0.25, 0.3) is 0 Å². The summed E-state index contributed by atoms with van der Waals surface area (Å²) in [6.07, 6.45) is 0. The van der Waals surface area contributed by atoms with Gasteiger partial charge in [-0.2, -0.15) is 11.8 Å². The van der Waals surface area contributed by atoms with E-state index in [0.29, 0.717) is 24.4 Å². The summed E-state index contributed by atoms with van der Waals surface area (Å²) in [5, 5.41) is 3.02. The van der Waals surface area contributed by atoms with Crippen molar-refractivity contribution in [2.24, 2.45) is 0 Å². The van der Waals surface area contributed by atoms with Gasteiger partial charge in [-0.05, 0) is 23.3 Å². The first-order valence-corrected chi connectivity index (χ1v) is 11.7. The van der Waals surface area contributed by atoms with Gasteiger partial charge in [0.15, 0.2) is 0 Å². The molecule has 4 rings (SSSR count). The fraction of sp³-hybridized carbons (Fsp3) is 0.231. The highest BCUT2D eigenvalue weighted by Crippen LogP contribution is 2.27. The van der Waals surface area contributed by atoms with Crippen molar-refractivity contribution in [2.45, 2.75) is 24.9 Å². The molecular formula is C26H26N2O3S. The van der Waals surface area contributed by atoms with Crippen LogP contribution in [0.1, 0.15) is 27.0 Å². The first kappa shape index (κ1) is 22.0. The molecule has 3 aromatic carbocycles. The van der Waals surface area contributed by atoms with E-state index in [2.05, 4.69) is 17.4 Å². The van der Waals surface area contributed by atoms with Gasteiger partial charge in [0.2, 0.25) is 5.91 Å². The number of fused-ring (bicyclic) bond motifs is 1. The molecule has 0 bridgehead atoms. The van der Waals surface area contributed by atoms with E-state index in [-0.39, 0.29) is 11.8 Å². The maximum Gasteiger partial charge on any atom is 0.255 e. The Morgan fingerprint density at radius 2 is 1.75 bits per heavy atom. The Kier molecular flexibility index (Phi) is 7.12. The SMILES string of the molecule is COc1ccccc1CNC(=O)[C@H](CSCc1ccccc1)N1Cc2ccccc2C1=O. The monoisotopic (exact) mass is 446 g/mol. The minimum atomic E-state index is -0.557. The molecule has 0 aliphatic carbocycles. The summed E-state index contributed by atoms with van der Waals surface area (Å²) >= 11 is 1.66. The first-order valence-electron chi connectivity index (χ1n) is 10.6. The summed E-state index contributed by atoms with van der Waals surface area (Å²) in [5.74, 6) is 1.79. The van der Waals surface area contributed by atoms with E-state index in [1.54, 1.807) is 23.8 Å². The van der Waals surface area contributed by atoms with Crippen molar-refractivity contribution in [3.05, 3.63) is 101 Å². The van der Waals surface area contributed by atoms with Crippen LogP contribution in [0.4, 0.5) is 0 Å². The van der Waals surface area contributed by atoms with E-state index in [1.165, 1.54) is 5.56 Å². The smallest absolute Gasteiger partial charge is 0.255 e. The van der Waals surface area contributed by atoms with E-state index in [0.717, 1.165) is 22.6 Å². The van der Waals surface area contributed by atoms with E-state index in [9.17, 15) is 9.59 Å². The summed E-state index contributed by atoms with van der Waals surface area (Å²) in [4.78, 5) is 28.0. The predicted molar refractivity (Wildman–Crippen MR) is 128 cm³/mol. The van der Waals surface area contributed by atoms with Crippen LogP contribution in [0.3, 0.4) is 0 Å². The fourth-order valence-electron chi connectivity index (χ4n) is 3.85. The van der Waals surface area contributed by atoms with Gasteiger partial charge in [0.1, 0.15) is 11.8 Å². The molecule has 32 heavy (non-hydrogen) atoms. The fourth-order valence-corrected chi connectivity index (χ4v) is 4.95. The molecule has 6 heteroatoms. The Morgan fingerprint density at radius 1 is 1.03 bits per heavy atom. The Labute approximate surface area is 192 Å². The normalized spacial score (nSPS) is 13.5. The number of rotatable bonds is 9. The topological polar surface area (TPSA) is 58.6 Å². The van der Waals surface area contributed by atoms with Crippen LogP contribution >= 0.6 is 11.8 Å². The van der Waals surface area contributed by atoms with Crippen LogP contribution in [-0.2, 0) is 23.6 Å². The molecule has 3 aromatic rings. The third-order valence-electron chi connectivity index (χ3n) is 5.56. The Balaban J connectivity index is 1.48. The van der Waals surface area contributed by atoms with Gasteiger partial charge in [0.05, 0.1) is 7.11 Å². The quantitative estimate of drug-likeness (QED) is 0.533. The van der Waals surface area contributed by atoms with Gasteiger partial charge in [-0.15, -0.1) is 0 Å². The molecule has 0 saturated heterocycles. The van der Waals surface area contributed by atoms with Crippen molar-refractivity contribution < 1.29 is 14.3 Å². The second-order valence-electron chi connectivity index (χ2n) is 7.64. The number of benzene rings is 3. The second-order valence-corrected chi connectivity index (χ2v) is 8.67. The highest BCUT2D eigenvalue weighted by atomic mass is 32.2. The summed E-state index contributed by atoms with van der Waals surface area (Å²) < 4.78 is 5.39. The molecule has 1 aliphatic heterocycles. The average molecular weight is 447 g/mol. The van der Waals surface area contributed by atoms with Crippen molar-refractivity contribution in [1.82, 2.24) is 10.2 Å². The first-order chi connectivity index (χ1) is 15.7. The molecular weight excluding hydrogens is 420 g/mol. The lowest BCUT2D eigenvalue weighted by atomic mass is 10.1. The van der Waals surface area contributed by atoms with Crippen LogP contribution < -0.4 is 10.1 Å². The molecule has 1 N–H and O–H groups in total. The number of methoxy groups -OCH3 is 1. The highest BCUT2D eigenvalue weighted by Gasteiger charge is 2.36. The van der Waals surface area contributed by atoms with Crippen molar-refractivity contribution in [1.29, 1.82) is 0 Å². The molecule has 1 atom stereocenters. The van der Waals surface area contributed by atoms with Crippen molar-refractivity contribution in [2.75, 3.05) is 12.9 Å². The summed E-state index contributed by atoms with van der Waals surface area (Å²) in [6.45, 7) is 0.797. The standard InChI is InChI=1S/C26H26N2O3S/c1-31-24-14-8-6-11-20(24)15-27-25(29)23(18-32-17-19-9-3-2-4-10-19)28-16-21-12-5-7-13-22(21)26(28)30/h2-14,23H,15-18H2,1H3,(H,27,29)/t23-/m0/s1. The van der Waals surface area contributed by atoms with Crippen molar-refractivity contribution >= 4 is 23.6 Å². The van der Waals surface area contributed by atoms with E-state index >= 15 is 0 Å². The maximum absolute atomic E-state index is 13.3. The van der Waals surface area contributed by atoms with E-state index in [1.807, 2.05) is 66.7 Å². The summed E-state index contributed by atoms with van der Waals surface area (Å²) in [5.41, 5.74) is 3.74. The highest BCUT2D eigenvalue weighted by molar-refractivity contribution is 7.98. The number of hydrogen-bond acceptors (Lipinski definition) is 4. The Bertz CT molecular complexity index is 1090. The van der Waals surface area contributed by atoms with Gasteiger partial charge >= 0.3 is 0 Å². The molecule has 0 radical (unpaired) electrons. The lowest BCUT2D eigenvalue weighted by Crippen LogP contribution is -2.48. The number of amides is 2. The van der Waals surface area contributed by atoms with E-state index < -0.39 is 6.04 Å². The number of hydrogen-bond donors (Lipinski definition) is 1. The van der Waals surface area contributed by atoms with Crippen molar-refractivity contribution in [3.63, 3.8) is 0 Å². The van der Waals surface area contributed by atoms with Crippen LogP contribution in [0, 0.1) is 0 Å². The lowest BCUT2D eigenvalue weighted by Gasteiger charge is -2.27. The van der Waals surface area contributed by atoms with E-state index in [4.69, 9.17) is 4.74 Å². The molecule has 0 spiro atoms. The zero-order chi connectivity index (χ0) is 22.3. The number of para-hydroxylation sites is 1. The molecule has 0 aromatic heterocycles. The van der Waals surface area contributed by atoms with Gasteiger partial charge < -0.3 is 15.0 Å². The van der Waals surface area contributed by atoms with Crippen LogP contribution in [-0.4, -0.2) is 35.6 Å². The molecule has 2 amide bonds. The molecule has 5 nitrogen and oxygen atoms in total. The third-order valence-corrected chi connectivity index (χ3v) is 6.65. The molecule has 0 fully saturated rings. The number of carbonyl (C=O) groups is 2. The minimum Gasteiger partial charge on any atom is -0.496 e. The van der Waals surface area contributed by atoms with Gasteiger partial charge in [0.25, 0.3) is 5.91 Å². The van der Waals surface area contributed by atoms with Crippen molar-refractivity contribution in [3.8, 4) is 5.75 Å². The van der Waals surface area contributed by atoms with Gasteiger partial charge in [-0.25, -0.2) is 0 Å². The molecule has 164 valence electrons. The predicted octanol–water partition coefficient (Wildman–Crippen LogP) is 4.27. The van der Waals surface area contributed by atoms with Crippen LogP contribution in [0.15, 0.2) is 78.9 Å². The minimum absolute atomic E-state index is 0.0849. The summed E-state index contributed by atoms with van der Waals surface area (Å²) in [6, 6.07) is 24.8. The zero-order valence-corrected chi connectivity index (χ0v) is 18.8. The average Bonchev–Trinajstić information content (AvgIpc) is 3.17. The summed E-state index contributed by atoms with van der Waals surface area (Å²) in [7, 11) is 1.61. The van der Waals surface area contributed by atoms with Gasteiger partial charge in [-0.3, -0.25) is 9.59 Å². The van der Waals surface area contributed by atoms with Crippen LogP contribution in [0.2, 0.25) is 0 Å². The third kappa shape index (κ3) is 4.97. The largest absolute Gasteiger partial charge is 0.496 e. The molecule has 1 aliphatic rings. The zero-order valence-electron chi connectivity index (χ0n) is 18.0. The van der Waals surface area contributed by atoms with Gasteiger partial charge in [0, 0.05) is 35.7 Å². The van der Waals surface area contributed by atoms with Crippen LogP contribution in [0.5, 0.6) is 5.75 Å². The second kappa shape index (κ2) is 10.4. The number of thioether (sulfide) groups is 1. The molecule has 1 heterocycles. The lowest BCUT2D eigenvalue weighted by molar-refractivity contribution is -0.125. The Morgan fingerprint density at radius 3 is 2.53 bits per heavy atom. The number of carbonyl (C=O) groups excluding carboxylic acids is 2. The molecule has 0 unspecified atom stereocenters. The maximum atomic E-state index is 13.3.